The van der Waals surface area contributed by atoms with E-state index < -0.39 is 84.6 Å². The maximum atomic E-state index is 12.7. The van der Waals surface area contributed by atoms with Crippen LogP contribution in [0.25, 0.3) is 31.4 Å². The van der Waals surface area contributed by atoms with Crippen molar-refractivity contribution in [3.8, 4) is 15.8 Å². The summed E-state index contributed by atoms with van der Waals surface area (Å²) < 4.78 is 63.1. The average Bonchev–Trinajstić information content (AvgIpc) is 4.03. The molecule has 5 aromatic rings. The van der Waals surface area contributed by atoms with Crippen molar-refractivity contribution >= 4 is 102 Å². The first-order valence-electron chi connectivity index (χ1n) is 18.5. The Kier molecular flexibility index (Phi) is 16.0. The smallest absolute Gasteiger partial charge is 0.481 e. The average molecular weight is 1030 g/mol. The fraction of sp³-hybridized carbons (Fsp3) is 0.438. The number of phosphoric acid groups is 3. The van der Waals surface area contributed by atoms with E-state index in [0.717, 1.165) is 33.7 Å². The van der Waals surface area contributed by atoms with Gasteiger partial charge >= 0.3 is 23.5 Å². The quantitative estimate of drug-likeness (QED) is 0.0367. The van der Waals surface area contributed by atoms with Gasteiger partial charge in [0, 0.05) is 36.1 Å². The van der Waals surface area contributed by atoms with E-state index in [4.69, 9.17) is 19.5 Å². The molecule has 6 rings (SSSR count). The van der Waals surface area contributed by atoms with Crippen molar-refractivity contribution in [3.63, 3.8) is 0 Å². The number of aliphatic hydroxyl groups is 2. The van der Waals surface area contributed by atoms with Crippen molar-refractivity contribution in [3.05, 3.63) is 41.9 Å². The summed E-state index contributed by atoms with van der Waals surface area (Å²) in [6, 6.07) is 4.79. The Hall–Kier alpha value is -3.90. The number of nitrogens with two attached hydrogens (primary N) is 1. The van der Waals surface area contributed by atoms with Gasteiger partial charge in [-0.3, -0.25) is 32.5 Å². The zero-order valence-corrected chi connectivity index (χ0v) is 38.7. The molecule has 0 aliphatic carbocycles. The predicted octanol–water partition coefficient (Wildman–Crippen LogP) is 1.42. The van der Waals surface area contributed by atoms with Crippen LogP contribution in [-0.2, 0) is 45.9 Å². The summed E-state index contributed by atoms with van der Waals surface area (Å²) in [5, 5.41) is 38.6. The Balaban J connectivity index is 0.904. The van der Waals surface area contributed by atoms with E-state index in [1.165, 1.54) is 42.6 Å². The first kappa shape index (κ1) is 50.5. The van der Waals surface area contributed by atoms with E-state index in [9.17, 15) is 63.0 Å². The molecular formula is C32H40N9O18P3S3. The van der Waals surface area contributed by atoms with Crippen molar-refractivity contribution in [2.24, 2.45) is 5.41 Å². The third-order valence-corrected chi connectivity index (χ3v) is 15.0. The molecule has 5 heterocycles. The molecule has 11 N–H and O–H groups in total. The fourth-order valence-electron chi connectivity index (χ4n) is 5.82. The predicted molar refractivity (Wildman–Crippen MR) is 229 cm³/mol. The number of imidazole rings is 1. The number of fused-ring (bicyclic) bond motifs is 2. The number of phosphoric ester groups is 3. The number of phenols is 1. The van der Waals surface area contributed by atoms with Crippen molar-refractivity contribution in [1.82, 2.24) is 40.1 Å². The Morgan fingerprint density at radius 3 is 2.51 bits per heavy atom. The summed E-state index contributed by atoms with van der Waals surface area (Å²) in [7, 11) is -16.5. The van der Waals surface area contributed by atoms with Crippen molar-refractivity contribution in [1.29, 1.82) is 0 Å². The number of benzene rings is 1. The zero-order chi connectivity index (χ0) is 47.5. The molecule has 65 heavy (non-hydrogen) atoms. The number of thioether (sulfide) groups is 1. The van der Waals surface area contributed by atoms with Gasteiger partial charge in [0.2, 0.25) is 16.9 Å². The van der Waals surface area contributed by atoms with Gasteiger partial charge in [-0.2, -0.15) is 4.31 Å². The van der Waals surface area contributed by atoms with Gasteiger partial charge in [-0.25, -0.2) is 38.6 Å². The molecule has 7 atom stereocenters. The molecule has 2 unspecified atom stereocenters. The van der Waals surface area contributed by atoms with Gasteiger partial charge in [0.05, 0.1) is 29.8 Å². The number of hydrogen-bond donors (Lipinski definition) is 10. The number of ether oxygens (including phenoxy) is 1. The third kappa shape index (κ3) is 13.2. The van der Waals surface area contributed by atoms with Crippen LogP contribution < -0.4 is 16.4 Å². The summed E-state index contributed by atoms with van der Waals surface area (Å²) in [6.45, 7) is 0.279. The Morgan fingerprint density at radius 2 is 1.77 bits per heavy atom. The molecule has 1 saturated heterocycles. The number of rotatable bonds is 21. The molecule has 0 saturated carbocycles. The summed E-state index contributed by atoms with van der Waals surface area (Å²) >= 11 is 3.50. The zero-order valence-electron chi connectivity index (χ0n) is 33.5. The van der Waals surface area contributed by atoms with Gasteiger partial charge in [-0.1, -0.05) is 25.6 Å². The highest BCUT2D eigenvalue weighted by Gasteiger charge is 2.50. The van der Waals surface area contributed by atoms with Crippen LogP contribution in [-0.4, -0.2) is 138 Å². The second-order valence-electron chi connectivity index (χ2n) is 14.4. The summed E-state index contributed by atoms with van der Waals surface area (Å²) in [5.41, 5.74) is 5.13. The van der Waals surface area contributed by atoms with Crippen molar-refractivity contribution in [2.45, 2.75) is 50.9 Å². The maximum absolute atomic E-state index is 12.7. The number of nitrogens with zero attached hydrogens (tertiary/aromatic N) is 6. The first-order chi connectivity index (χ1) is 30.4. The maximum Gasteiger partial charge on any atom is 0.481 e. The largest absolute Gasteiger partial charge is 0.508 e. The number of anilines is 1. The number of thiazole rings is 2. The number of hydrogen-bond acceptors (Lipinski definition) is 23. The molecule has 0 radical (unpaired) electrons. The van der Waals surface area contributed by atoms with Crippen LogP contribution in [0.2, 0.25) is 0 Å². The topological polar surface area (TPSA) is 410 Å². The Labute approximate surface area is 378 Å². The number of nitrogens with one attached hydrogen (secondary N) is 2. The van der Waals surface area contributed by atoms with Crippen LogP contribution in [0.1, 0.15) is 37.0 Å². The van der Waals surface area contributed by atoms with Gasteiger partial charge in [0.1, 0.15) is 47.7 Å². The number of phenolic OH excluding ortho intramolecular Hbond substituents is 1. The minimum absolute atomic E-state index is 0.0220. The number of carbonyl (C=O) groups excluding carboxylic acids is 3. The standard InChI is InChI=1S/C32H40N9O18P3S3/c1-32(2,24(45)27(46)35-6-5-20(43)34-7-8-63-31(47)17-11-64-28(40-17)29-39-16-4-3-15(42)9-19(16)65-29)12-56-62(53,54)59-61(51,52)55-10-18-23(58-60(48,49)50)22(44)30(57-18)41-14-38-21-25(33)36-13-37-26(21)41/h3-4,9,11,13-14,18,22-24,30,42,44-45H,5-8,10,12H2,1-2H3,(H,34,43)(H,35,46)(H,51,52)(H,53,54)(H2,33,36,37)(H2,48,49,50)/t18-,22-,23-,24+,30-/m1/s1. The van der Waals surface area contributed by atoms with E-state index in [-0.39, 0.29) is 58.8 Å². The van der Waals surface area contributed by atoms with Gasteiger partial charge in [0.25, 0.3) is 0 Å². The molecule has 0 spiro atoms. The van der Waals surface area contributed by atoms with E-state index >= 15 is 0 Å². The number of aromatic hydroxyl groups is 1. The minimum Gasteiger partial charge on any atom is -0.508 e. The van der Waals surface area contributed by atoms with Crippen LogP contribution in [0, 0.1) is 5.41 Å². The van der Waals surface area contributed by atoms with Crippen LogP contribution in [0.4, 0.5) is 5.82 Å². The summed E-state index contributed by atoms with van der Waals surface area (Å²) in [6.07, 6.45) is -7.07. The van der Waals surface area contributed by atoms with Crippen LogP contribution in [0.5, 0.6) is 5.75 Å². The lowest BCUT2D eigenvalue weighted by Crippen LogP contribution is -2.46. The van der Waals surface area contributed by atoms with E-state index in [0.29, 0.717) is 15.5 Å². The second-order valence-corrected chi connectivity index (χ2v) is 21.6. The van der Waals surface area contributed by atoms with Crippen LogP contribution >= 0.6 is 57.9 Å². The molecule has 354 valence electrons. The number of aliphatic hydroxyl groups excluding tert-OH is 2. The number of aromatic nitrogens is 6. The molecule has 33 heteroatoms. The molecule has 2 amide bonds. The van der Waals surface area contributed by atoms with Gasteiger partial charge in [-0.15, -0.1) is 22.7 Å². The lowest BCUT2D eigenvalue weighted by molar-refractivity contribution is -0.137. The van der Waals surface area contributed by atoms with Gasteiger partial charge in [-0.05, 0) is 18.2 Å². The van der Waals surface area contributed by atoms with Crippen LogP contribution in [0.15, 0.2) is 36.2 Å². The molecule has 1 aromatic carbocycles. The van der Waals surface area contributed by atoms with E-state index in [1.807, 2.05) is 0 Å². The SMILES string of the molecule is CC(C)(COP(=O)(O)OP(=O)(O)OC[C@H]1O[C@@H](n2cnc3c(N)ncnc32)[C@H](O)[C@@H]1OP(=O)(O)O)[C@@H](O)C(=O)NCCC(=O)NCCSC(=O)c1csc(-c2nc3ccc(O)cc3s2)n1. The normalized spacial score (nSPS) is 20.4. The Bertz CT molecular complexity index is 2700. The van der Waals surface area contributed by atoms with E-state index in [2.05, 4.69) is 44.4 Å². The molecule has 4 aromatic heterocycles. The molecule has 0 bridgehead atoms. The molecule has 1 fully saturated rings. The first-order valence-corrected chi connectivity index (χ1v) is 25.7. The lowest BCUT2D eigenvalue weighted by atomic mass is 9.87. The minimum atomic E-state index is -5.60. The lowest BCUT2D eigenvalue weighted by Gasteiger charge is -2.30. The highest BCUT2D eigenvalue weighted by Crippen LogP contribution is 2.61. The van der Waals surface area contributed by atoms with Crippen LogP contribution in [0.3, 0.4) is 0 Å². The van der Waals surface area contributed by atoms with E-state index in [1.54, 1.807) is 17.5 Å². The summed E-state index contributed by atoms with van der Waals surface area (Å²) in [4.78, 5) is 97.7. The monoisotopic (exact) mass is 1030 g/mol. The van der Waals surface area contributed by atoms with Gasteiger partial charge in [0.15, 0.2) is 27.7 Å². The molecular weight excluding hydrogens is 988 g/mol. The highest BCUT2D eigenvalue weighted by atomic mass is 32.2. The third-order valence-electron chi connectivity index (χ3n) is 9.00. The fourth-order valence-corrected chi connectivity index (χ4v) is 11.2. The number of nitrogen functional groups attached to an aromatic ring is 1. The highest BCUT2D eigenvalue weighted by molar-refractivity contribution is 8.14. The number of carbonyl (C=O) groups is 3. The van der Waals surface area contributed by atoms with Crippen molar-refractivity contribution < 1.29 is 85.6 Å². The summed E-state index contributed by atoms with van der Waals surface area (Å²) in [5.74, 6) is -1.23. The van der Waals surface area contributed by atoms with Gasteiger partial charge < -0.3 is 56.0 Å². The number of amides is 2. The molecule has 1 aliphatic rings. The Morgan fingerprint density at radius 1 is 1.03 bits per heavy atom. The molecule has 27 nitrogen and oxygen atoms in total. The molecule has 1 aliphatic heterocycles. The second kappa shape index (κ2) is 20.5. The van der Waals surface area contributed by atoms with Crippen molar-refractivity contribution in [2.75, 3.05) is 37.8 Å².